The van der Waals surface area contributed by atoms with Crippen LogP contribution in [-0.2, 0) is 22.5 Å². The second kappa shape index (κ2) is 8.20. The number of phenols is 1. The number of allylic oxidation sites excluding steroid dienone is 1. The lowest BCUT2D eigenvalue weighted by molar-refractivity contribution is -0.149. The number of methoxy groups -OCH3 is 2. The highest BCUT2D eigenvalue weighted by molar-refractivity contribution is 5.75. The van der Waals surface area contributed by atoms with Crippen LogP contribution in [0.2, 0.25) is 0 Å². The number of ether oxygens (including phenoxy) is 2. The molecule has 0 saturated carbocycles. The molecule has 1 aromatic rings. The van der Waals surface area contributed by atoms with E-state index in [2.05, 4.69) is 18.4 Å². The predicted molar refractivity (Wildman–Crippen MR) is 93.2 cm³/mol. The topological polar surface area (TPSA) is 59.0 Å². The summed E-state index contributed by atoms with van der Waals surface area (Å²) in [6.45, 7) is 7.36. The number of phenolic OH excluding ortho intramolecular Hbond substituents is 1. The molecule has 0 bridgehead atoms. The van der Waals surface area contributed by atoms with Crippen molar-refractivity contribution >= 4 is 5.97 Å². The van der Waals surface area contributed by atoms with Crippen molar-refractivity contribution in [3.05, 3.63) is 35.9 Å². The van der Waals surface area contributed by atoms with Gasteiger partial charge in [0.2, 0.25) is 0 Å². The van der Waals surface area contributed by atoms with E-state index in [1.807, 2.05) is 12.1 Å². The Hall–Kier alpha value is -2.01. The van der Waals surface area contributed by atoms with Gasteiger partial charge in [0, 0.05) is 12.1 Å². The zero-order valence-electron chi connectivity index (χ0n) is 14.7. The summed E-state index contributed by atoms with van der Waals surface area (Å²) in [5, 5.41) is 10.2. The van der Waals surface area contributed by atoms with E-state index in [9.17, 15) is 9.90 Å². The van der Waals surface area contributed by atoms with Crippen LogP contribution in [0.5, 0.6) is 11.5 Å². The van der Waals surface area contributed by atoms with Crippen LogP contribution in [0.3, 0.4) is 0 Å². The maximum atomic E-state index is 12.1. The third-order valence-electron chi connectivity index (χ3n) is 4.63. The Morgan fingerprint density at radius 3 is 2.83 bits per heavy atom. The van der Waals surface area contributed by atoms with Crippen molar-refractivity contribution in [3.63, 3.8) is 0 Å². The van der Waals surface area contributed by atoms with E-state index in [4.69, 9.17) is 9.47 Å². The fourth-order valence-electron chi connectivity index (χ4n) is 3.28. The van der Waals surface area contributed by atoms with E-state index < -0.39 is 0 Å². The molecule has 24 heavy (non-hydrogen) atoms. The Bertz CT molecular complexity index is 599. The highest BCUT2D eigenvalue weighted by Crippen LogP contribution is 2.33. The largest absolute Gasteiger partial charge is 0.504 e. The number of nitrogens with zero attached hydrogens (tertiary/aromatic N) is 1. The van der Waals surface area contributed by atoms with E-state index >= 15 is 0 Å². The molecular formula is C19H27NO4. The number of hydrogen-bond acceptors (Lipinski definition) is 5. The standard InChI is InChI=1S/C19H27NO4/c1-5-6-15-10-14(11-17(23-3)18(15)21)12-20-8-7-13(2)9-16(20)19(22)24-4/h5,10-11,13,16,21H,1,6-9,12H2,2-4H3/t13-,16-/m1/s1. The smallest absolute Gasteiger partial charge is 0.323 e. The van der Waals surface area contributed by atoms with Gasteiger partial charge in [-0.3, -0.25) is 9.69 Å². The molecule has 1 aromatic carbocycles. The second-order valence-electron chi connectivity index (χ2n) is 6.44. The summed E-state index contributed by atoms with van der Waals surface area (Å²) in [4.78, 5) is 14.3. The average molecular weight is 333 g/mol. The molecule has 0 aromatic heterocycles. The first-order valence-corrected chi connectivity index (χ1v) is 8.31. The van der Waals surface area contributed by atoms with Gasteiger partial charge in [0.15, 0.2) is 11.5 Å². The molecule has 5 heteroatoms. The first kappa shape index (κ1) is 18.3. The highest BCUT2D eigenvalue weighted by atomic mass is 16.5. The zero-order valence-corrected chi connectivity index (χ0v) is 14.7. The Morgan fingerprint density at radius 1 is 1.46 bits per heavy atom. The molecular weight excluding hydrogens is 306 g/mol. The molecule has 5 nitrogen and oxygen atoms in total. The number of rotatable bonds is 6. The van der Waals surface area contributed by atoms with Gasteiger partial charge in [-0.15, -0.1) is 6.58 Å². The molecule has 0 unspecified atom stereocenters. The van der Waals surface area contributed by atoms with Crippen LogP contribution in [0.15, 0.2) is 24.8 Å². The number of hydrogen-bond donors (Lipinski definition) is 1. The van der Waals surface area contributed by atoms with Gasteiger partial charge in [0.25, 0.3) is 0 Å². The molecule has 0 spiro atoms. The van der Waals surface area contributed by atoms with Gasteiger partial charge in [-0.25, -0.2) is 0 Å². The summed E-state index contributed by atoms with van der Waals surface area (Å²) >= 11 is 0. The molecule has 1 heterocycles. The maximum Gasteiger partial charge on any atom is 0.323 e. The Kier molecular flexibility index (Phi) is 6.26. The van der Waals surface area contributed by atoms with Crippen molar-refractivity contribution in [3.8, 4) is 11.5 Å². The number of piperidine rings is 1. The lowest BCUT2D eigenvalue weighted by atomic mass is 9.92. The summed E-state index contributed by atoms with van der Waals surface area (Å²) < 4.78 is 10.3. The number of esters is 1. The minimum Gasteiger partial charge on any atom is -0.504 e. The monoisotopic (exact) mass is 333 g/mol. The summed E-state index contributed by atoms with van der Waals surface area (Å²) in [7, 11) is 2.97. The van der Waals surface area contributed by atoms with Gasteiger partial charge < -0.3 is 14.6 Å². The minimum absolute atomic E-state index is 0.151. The molecule has 1 saturated heterocycles. The zero-order chi connectivity index (χ0) is 17.7. The van der Waals surface area contributed by atoms with Crippen molar-refractivity contribution < 1.29 is 19.4 Å². The van der Waals surface area contributed by atoms with Gasteiger partial charge in [0.1, 0.15) is 6.04 Å². The molecule has 2 atom stereocenters. The lowest BCUT2D eigenvalue weighted by Crippen LogP contribution is -2.46. The average Bonchev–Trinajstić information content (AvgIpc) is 2.58. The molecule has 1 fully saturated rings. The number of carbonyl (C=O) groups is 1. The Labute approximate surface area is 143 Å². The molecule has 1 aliphatic heterocycles. The van der Waals surface area contributed by atoms with Crippen molar-refractivity contribution in [1.29, 1.82) is 0 Å². The highest BCUT2D eigenvalue weighted by Gasteiger charge is 2.32. The normalized spacial score (nSPS) is 21.3. The third-order valence-corrected chi connectivity index (χ3v) is 4.63. The second-order valence-corrected chi connectivity index (χ2v) is 6.44. The van der Waals surface area contributed by atoms with Crippen LogP contribution in [0, 0.1) is 5.92 Å². The van der Waals surface area contributed by atoms with Crippen molar-refractivity contribution in [1.82, 2.24) is 4.90 Å². The van der Waals surface area contributed by atoms with Crippen LogP contribution in [0.4, 0.5) is 0 Å². The van der Waals surface area contributed by atoms with Gasteiger partial charge >= 0.3 is 5.97 Å². The minimum atomic E-state index is -0.221. The summed E-state index contributed by atoms with van der Waals surface area (Å²) in [5.74, 6) is 0.928. The number of aromatic hydroxyl groups is 1. The molecule has 0 radical (unpaired) electrons. The summed E-state index contributed by atoms with van der Waals surface area (Å²) in [6.07, 6.45) is 4.18. The molecule has 0 amide bonds. The first-order valence-electron chi connectivity index (χ1n) is 8.31. The third kappa shape index (κ3) is 4.09. The van der Waals surface area contributed by atoms with E-state index in [1.165, 1.54) is 14.2 Å². The molecule has 0 aliphatic carbocycles. The van der Waals surface area contributed by atoms with Crippen LogP contribution < -0.4 is 4.74 Å². The number of benzene rings is 1. The first-order chi connectivity index (χ1) is 11.5. The fourth-order valence-corrected chi connectivity index (χ4v) is 3.28. The van der Waals surface area contributed by atoms with Crippen LogP contribution in [0.1, 0.15) is 30.9 Å². The quantitative estimate of drug-likeness (QED) is 0.641. The van der Waals surface area contributed by atoms with Gasteiger partial charge in [-0.2, -0.15) is 0 Å². The van der Waals surface area contributed by atoms with Crippen molar-refractivity contribution in [2.75, 3.05) is 20.8 Å². The van der Waals surface area contributed by atoms with Gasteiger partial charge in [0.05, 0.1) is 14.2 Å². The summed E-state index contributed by atoms with van der Waals surface area (Å²) in [6, 6.07) is 3.56. The van der Waals surface area contributed by atoms with Crippen LogP contribution in [-0.4, -0.2) is 42.8 Å². The molecule has 1 N–H and O–H groups in total. The van der Waals surface area contributed by atoms with E-state index in [-0.39, 0.29) is 17.8 Å². The van der Waals surface area contributed by atoms with E-state index in [0.29, 0.717) is 24.6 Å². The van der Waals surface area contributed by atoms with Gasteiger partial charge in [-0.1, -0.05) is 19.1 Å². The van der Waals surface area contributed by atoms with Gasteiger partial charge in [-0.05, 0) is 43.4 Å². The van der Waals surface area contributed by atoms with Crippen LogP contribution >= 0.6 is 0 Å². The SMILES string of the molecule is C=CCc1cc(CN2CC[C@@H](C)C[C@@H]2C(=O)OC)cc(OC)c1O. The number of carbonyl (C=O) groups excluding carboxylic acids is 1. The van der Waals surface area contributed by atoms with E-state index in [0.717, 1.165) is 30.5 Å². The lowest BCUT2D eigenvalue weighted by Gasteiger charge is -2.36. The van der Waals surface area contributed by atoms with Crippen molar-refractivity contribution in [2.24, 2.45) is 5.92 Å². The maximum absolute atomic E-state index is 12.1. The number of likely N-dealkylation sites (tertiary alicyclic amines) is 1. The van der Waals surface area contributed by atoms with Crippen molar-refractivity contribution in [2.45, 2.75) is 38.8 Å². The Balaban J connectivity index is 2.26. The van der Waals surface area contributed by atoms with Crippen LogP contribution in [0.25, 0.3) is 0 Å². The summed E-state index contributed by atoms with van der Waals surface area (Å²) in [5.41, 5.74) is 1.78. The predicted octanol–water partition coefficient (Wildman–Crippen LogP) is 2.90. The fraction of sp³-hybridized carbons (Fsp3) is 0.526. The van der Waals surface area contributed by atoms with E-state index in [1.54, 1.807) is 6.08 Å². The Morgan fingerprint density at radius 2 is 2.21 bits per heavy atom. The molecule has 2 rings (SSSR count). The molecule has 1 aliphatic rings. The molecule has 132 valence electrons.